The summed E-state index contributed by atoms with van der Waals surface area (Å²) in [5.74, 6) is 1.63. The van der Waals surface area contributed by atoms with Crippen molar-refractivity contribution < 1.29 is 14.3 Å². The molecule has 1 aliphatic heterocycles. The first-order valence-corrected chi connectivity index (χ1v) is 7.47. The Hall–Kier alpha value is -1.75. The van der Waals surface area contributed by atoms with E-state index >= 15 is 0 Å². The number of carbonyl (C=O) groups is 1. The van der Waals surface area contributed by atoms with Crippen molar-refractivity contribution in [2.75, 3.05) is 20.8 Å². The number of benzene rings is 1. The maximum atomic E-state index is 12.4. The Balaban J connectivity index is 1.64. The van der Waals surface area contributed by atoms with Crippen molar-refractivity contribution in [1.82, 2.24) is 10.2 Å². The minimum absolute atomic E-state index is 0.0117. The molecule has 1 saturated heterocycles. The number of amides is 1. The number of hydrogen-bond donors (Lipinski definition) is 1. The van der Waals surface area contributed by atoms with Crippen molar-refractivity contribution in [2.45, 2.75) is 37.9 Å². The van der Waals surface area contributed by atoms with Gasteiger partial charge in [0.1, 0.15) is 0 Å². The Bertz CT molecular complexity index is 528. The normalized spacial score (nSPS) is 21.7. The molecule has 0 spiro atoms. The third-order valence-corrected chi connectivity index (χ3v) is 4.13. The van der Waals surface area contributed by atoms with Gasteiger partial charge in [0.2, 0.25) is 5.91 Å². The molecule has 2 fully saturated rings. The Labute approximate surface area is 125 Å². The van der Waals surface area contributed by atoms with Gasteiger partial charge < -0.3 is 19.7 Å². The summed E-state index contributed by atoms with van der Waals surface area (Å²) in [5.41, 5.74) is 1.06. The van der Waals surface area contributed by atoms with E-state index in [0.29, 0.717) is 24.1 Å². The number of rotatable bonds is 6. The predicted octanol–water partition coefficient (Wildman–Crippen LogP) is 1.56. The standard InChI is InChI=1S/C16H22N2O3/c1-20-14-6-3-11(9-15(14)21-2)10-18-8-7-13(16(18)19)17-12-4-5-12/h3,6,9,12-13,17H,4-5,7-8,10H2,1-2H3. The van der Waals surface area contributed by atoms with Crippen LogP contribution >= 0.6 is 0 Å². The van der Waals surface area contributed by atoms with Crippen molar-refractivity contribution in [2.24, 2.45) is 0 Å². The zero-order chi connectivity index (χ0) is 14.8. The molecule has 5 nitrogen and oxygen atoms in total. The van der Waals surface area contributed by atoms with Crippen molar-refractivity contribution in [3.05, 3.63) is 23.8 Å². The lowest BCUT2D eigenvalue weighted by Crippen LogP contribution is -2.39. The SMILES string of the molecule is COc1ccc(CN2CCC(NC3CC3)C2=O)cc1OC. The highest BCUT2D eigenvalue weighted by Gasteiger charge is 2.35. The molecule has 1 N–H and O–H groups in total. The summed E-state index contributed by atoms with van der Waals surface area (Å²) in [7, 11) is 3.24. The highest BCUT2D eigenvalue weighted by atomic mass is 16.5. The predicted molar refractivity (Wildman–Crippen MR) is 79.5 cm³/mol. The van der Waals surface area contributed by atoms with Crippen LogP contribution in [0.5, 0.6) is 11.5 Å². The molecule has 1 heterocycles. The number of carbonyl (C=O) groups excluding carboxylic acids is 1. The number of likely N-dealkylation sites (tertiary alicyclic amines) is 1. The molecule has 21 heavy (non-hydrogen) atoms. The van der Waals surface area contributed by atoms with Crippen LogP contribution in [0, 0.1) is 0 Å². The summed E-state index contributed by atoms with van der Waals surface area (Å²) in [6.07, 6.45) is 3.32. The van der Waals surface area contributed by atoms with Gasteiger partial charge in [-0.1, -0.05) is 6.07 Å². The minimum atomic E-state index is 0.0117. The molecule has 3 rings (SSSR count). The Morgan fingerprint density at radius 2 is 1.95 bits per heavy atom. The van der Waals surface area contributed by atoms with Crippen molar-refractivity contribution in [3.8, 4) is 11.5 Å². The number of hydrogen-bond acceptors (Lipinski definition) is 4. The first-order valence-electron chi connectivity index (χ1n) is 7.47. The quantitative estimate of drug-likeness (QED) is 0.864. The fourth-order valence-corrected chi connectivity index (χ4v) is 2.78. The van der Waals surface area contributed by atoms with Gasteiger partial charge in [0.15, 0.2) is 11.5 Å². The van der Waals surface area contributed by atoms with Crippen LogP contribution < -0.4 is 14.8 Å². The summed E-state index contributed by atoms with van der Waals surface area (Å²) in [6.45, 7) is 1.44. The van der Waals surface area contributed by atoms with Gasteiger partial charge in [0.05, 0.1) is 20.3 Å². The van der Waals surface area contributed by atoms with E-state index in [1.54, 1.807) is 14.2 Å². The van der Waals surface area contributed by atoms with Crippen LogP contribution in [0.25, 0.3) is 0 Å². The van der Waals surface area contributed by atoms with E-state index in [0.717, 1.165) is 18.5 Å². The van der Waals surface area contributed by atoms with E-state index in [1.165, 1.54) is 12.8 Å². The van der Waals surface area contributed by atoms with Crippen LogP contribution in [-0.2, 0) is 11.3 Å². The van der Waals surface area contributed by atoms with E-state index < -0.39 is 0 Å². The lowest BCUT2D eigenvalue weighted by atomic mass is 10.2. The van der Waals surface area contributed by atoms with Crippen LogP contribution in [0.1, 0.15) is 24.8 Å². The van der Waals surface area contributed by atoms with E-state index in [2.05, 4.69) is 5.32 Å². The summed E-state index contributed by atoms with van der Waals surface area (Å²) < 4.78 is 10.5. The molecule has 1 saturated carbocycles. The number of nitrogens with one attached hydrogen (secondary N) is 1. The molecule has 1 aromatic rings. The topological polar surface area (TPSA) is 50.8 Å². The van der Waals surface area contributed by atoms with Crippen LogP contribution in [0.3, 0.4) is 0 Å². The smallest absolute Gasteiger partial charge is 0.240 e. The summed E-state index contributed by atoms with van der Waals surface area (Å²) in [5, 5.41) is 3.42. The molecular formula is C16H22N2O3. The highest BCUT2D eigenvalue weighted by molar-refractivity contribution is 5.84. The average Bonchev–Trinajstić information content (AvgIpc) is 3.26. The fourth-order valence-electron chi connectivity index (χ4n) is 2.78. The summed E-state index contributed by atoms with van der Waals surface area (Å²) in [4.78, 5) is 14.3. The van der Waals surface area contributed by atoms with Gasteiger partial charge in [-0.15, -0.1) is 0 Å². The summed E-state index contributed by atoms with van der Waals surface area (Å²) in [6, 6.07) is 6.39. The van der Waals surface area contributed by atoms with Crippen LogP contribution in [0.4, 0.5) is 0 Å². The third kappa shape index (κ3) is 3.13. The molecule has 1 unspecified atom stereocenters. The molecule has 2 aliphatic rings. The second-order valence-corrected chi connectivity index (χ2v) is 5.73. The monoisotopic (exact) mass is 290 g/mol. The van der Waals surface area contributed by atoms with Gasteiger partial charge in [-0.3, -0.25) is 4.79 Å². The molecule has 1 atom stereocenters. The second-order valence-electron chi connectivity index (χ2n) is 5.73. The van der Waals surface area contributed by atoms with Crippen molar-refractivity contribution in [3.63, 3.8) is 0 Å². The molecular weight excluding hydrogens is 268 g/mol. The fraction of sp³-hybridized carbons (Fsp3) is 0.562. The molecule has 1 aliphatic carbocycles. The Morgan fingerprint density at radius 3 is 2.62 bits per heavy atom. The molecule has 0 bridgehead atoms. The lowest BCUT2D eigenvalue weighted by Gasteiger charge is -2.18. The van der Waals surface area contributed by atoms with Crippen LogP contribution in [-0.4, -0.2) is 43.7 Å². The molecule has 5 heteroatoms. The Kier molecular flexibility index (Phi) is 4.01. The minimum Gasteiger partial charge on any atom is -0.493 e. The van der Waals surface area contributed by atoms with Gasteiger partial charge in [0.25, 0.3) is 0 Å². The molecule has 1 aromatic carbocycles. The number of ether oxygens (including phenoxy) is 2. The van der Waals surface area contributed by atoms with Gasteiger partial charge in [-0.2, -0.15) is 0 Å². The number of nitrogens with zero attached hydrogens (tertiary/aromatic N) is 1. The molecule has 0 aromatic heterocycles. The largest absolute Gasteiger partial charge is 0.493 e. The zero-order valence-corrected chi connectivity index (χ0v) is 12.6. The average molecular weight is 290 g/mol. The highest BCUT2D eigenvalue weighted by Crippen LogP contribution is 2.29. The summed E-state index contributed by atoms with van der Waals surface area (Å²) >= 11 is 0. The first-order chi connectivity index (χ1) is 10.2. The molecule has 1 amide bonds. The van der Waals surface area contributed by atoms with Gasteiger partial charge in [-0.25, -0.2) is 0 Å². The third-order valence-electron chi connectivity index (χ3n) is 4.13. The lowest BCUT2D eigenvalue weighted by molar-refractivity contribution is -0.129. The van der Waals surface area contributed by atoms with Gasteiger partial charge >= 0.3 is 0 Å². The van der Waals surface area contributed by atoms with Crippen LogP contribution in [0.2, 0.25) is 0 Å². The van der Waals surface area contributed by atoms with E-state index in [1.807, 2.05) is 23.1 Å². The maximum absolute atomic E-state index is 12.4. The van der Waals surface area contributed by atoms with Gasteiger partial charge in [0, 0.05) is 19.1 Å². The van der Waals surface area contributed by atoms with Crippen molar-refractivity contribution >= 4 is 5.91 Å². The Morgan fingerprint density at radius 1 is 1.19 bits per heavy atom. The molecule has 0 radical (unpaired) electrons. The van der Waals surface area contributed by atoms with Crippen LogP contribution in [0.15, 0.2) is 18.2 Å². The maximum Gasteiger partial charge on any atom is 0.240 e. The van der Waals surface area contributed by atoms with E-state index in [-0.39, 0.29) is 11.9 Å². The number of methoxy groups -OCH3 is 2. The van der Waals surface area contributed by atoms with E-state index in [9.17, 15) is 4.79 Å². The van der Waals surface area contributed by atoms with Gasteiger partial charge in [-0.05, 0) is 37.0 Å². The van der Waals surface area contributed by atoms with E-state index in [4.69, 9.17) is 9.47 Å². The first kappa shape index (κ1) is 14.2. The second kappa shape index (κ2) is 5.93. The molecule has 114 valence electrons. The zero-order valence-electron chi connectivity index (χ0n) is 12.6. The van der Waals surface area contributed by atoms with Crippen molar-refractivity contribution in [1.29, 1.82) is 0 Å².